The molecule has 2 aromatic rings. The zero-order valence-corrected chi connectivity index (χ0v) is 14.9. The number of aliphatic imine (C=N–C) groups is 1. The van der Waals surface area contributed by atoms with Crippen molar-refractivity contribution in [3.05, 3.63) is 72.5 Å². The predicted octanol–water partition coefficient (Wildman–Crippen LogP) is 6.27. The van der Waals surface area contributed by atoms with E-state index in [1.54, 1.807) is 6.08 Å². The van der Waals surface area contributed by atoms with E-state index in [0.29, 0.717) is 11.3 Å². The van der Waals surface area contributed by atoms with Crippen molar-refractivity contribution >= 4 is 16.5 Å². The van der Waals surface area contributed by atoms with Gasteiger partial charge in [-0.3, -0.25) is 4.99 Å². The lowest BCUT2D eigenvalue weighted by Gasteiger charge is -2.06. The Morgan fingerprint density at radius 3 is 2.35 bits per heavy atom. The first-order valence-corrected chi connectivity index (χ1v) is 7.95. The van der Waals surface area contributed by atoms with Crippen LogP contribution in [0.25, 0.3) is 10.8 Å². The number of hydrogen-bond donors (Lipinski definition) is 0. The second-order valence-electron chi connectivity index (χ2n) is 4.25. The van der Waals surface area contributed by atoms with Gasteiger partial charge in [-0.05, 0) is 35.9 Å². The van der Waals surface area contributed by atoms with E-state index in [2.05, 4.69) is 24.2 Å². The second kappa shape index (κ2) is 11.0. The molecule has 0 amide bonds. The minimum Gasteiger partial charge on any atom is -0.254 e. The Labute approximate surface area is 140 Å². The Hall–Kier alpha value is -2.66. The Morgan fingerprint density at radius 2 is 1.78 bits per heavy atom. The molecule has 2 rings (SSSR count). The van der Waals surface area contributed by atoms with Crippen LogP contribution in [0.1, 0.15) is 45.7 Å². The number of benzene rings is 2. The summed E-state index contributed by atoms with van der Waals surface area (Å²) in [6.07, 6.45) is 1.63. The molecule has 2 nitrogen and oxygen atoms in total. The molecule has 0 unspecified atom stereocenters. The highest BCUT2D eigenvalue weighted by molar-refractivity contribution is 6.10. The smallest absolute Gasteiger partial charge is 0.0991 e. The van der Waals surface area contributed by atoms with Crippen LogP contribution in [0.3, 0.4) is 0 Å². The van der Waals surface area contributed by atoms with Crippen molar-refractivity contribution in [3.8, 4) is 6.07 Å². The van der Waals surface area contributed by atoms with Crippen molar-refractivity contribution in [1.29, 1.82) is 5.26 Å². The molecule has 0 heterocycles. The van der Waals surface area contributed by atoms with Crippen molar-refractivity contribution < 1.29 is 0 Å². The SMILES string of the molecule is C=CC(=C)N=C(C)c1cccc2cc(C#N)ccc12.CC.CC. The lowest BCUT2D eigenvalue weighted by molar-refractivity contribution is 1.41. The van der Waals surface area contributed by atoms with Gasteiger partial charge < -0.3 is 0 Å². The maximum absolute atomic E-state index is 8.93. The summed E-state index contributed by atoms with van der Waals surface area (Å²) >= 11 is 0. The molecular formula is C21H26N2. The first kappa shape index (κ1) is 20.3. The highest BCUT2D eigenvalue weighted by atomic mass is 14.7. The van der Waals surface area contributed by atoms with Crippen molar-refractivity contribution in [2.75, 3.05) is 0 Å². The number of nitriles is 1. The highest BCUT2D eigenvalue weighted by Gasteiger charge is 2.04. The van der Waals surface area contributed by atoms with E-state index < -0.39 is 0 Å². The van der Waals surface area contributed by atoms with Crippen LogP contribution in [0, 0.1) is 11.3 Å². The fourth-order valence-electron chi connectivity index (χ4n) is 1.99. The van der Waals surface area contributed by atoms with Crippen LogP contribution >= 0.6 is 0 Å². The number of rotatable bonds is 3. The fraction of sp³-hybridized carbons (Fsp3) is 0.238. The fourth-order valence-corrected chi connectivity index (χ4v) is 1.99. The normalized spacial score (nSPS) is 9.65. The molecular weight excluding hydrogens is 280 g/mol. The third-order valence-corrected chi connectivity index (χ3v) is 2.95. The molecule has 0 aromatic heterocycles. The van der Waals surface area contributed by atoms with E-state index in [4.69, 9.17) is 5.26 Å². The first-order valence-electron chi connectivity index (χ1n) is 7.95. The van der Waals surface area contributed by atoms with Gasteiger partial charge in [0.25, 0.3) is 0 Å². The second-order valence-corrected chi connectivity index (χ2v) is 4.25. The largest absolute Gasteiger partial charge is 0.254 e. The Bertz CT molecular complexity index is 731. The van der Waals surface area contributed by atoms with Gasteiger partial charge in [0.2, 0.25) is 0 Å². The molecule has 0 aliphatic heterocycles. The summed E-state index contributed by atoms with van der Waals surface area (Å²) in [4.78, 5) is 4.40. The van der Waals surface area contributed by atoms with Gasteiger partial charge in [-0.1, -0.05) is 65.1 Å². The summed E-state index contributed by atoms with van der Waals surface area (Å²) in [5, 5.41) is 11.1. The molecule has 0 fully saturated rings. The number of fused-ring (bicyclic) bond motifs is 1. The molecule has 0 aliphatic carbocycles. The van der Waals surface area contributed by atoms with E-state index in [1.807, 2.05) is 71.0 Å². The molecule has 0 N–H and O–H groups in total. The molecule has 23 heavy (non-hydrogen) atoms. The lowest BCUT2D eigenvalue weighted by atomic mass is 10.00. The molecule has 0 spiro atoms. The van der Waals surface area contributed by atoms with Crippen LogP contribution in [0.2, 0.25) is 0 Å². The van der Waals surface area contributed by atoms with Gasteiger partial charge >= 0.3 is 0 Å². The summed E-state index contributed by atoms with van der Waals surface area (Å²) in [6.45, 7) is 17.4. The molecule has 0 radical (unpaired) electrons. The van der Waals surface area contributed by atoms with Gasteiger partial charge in [0.05, 0.1) is 17.3 Å². The van der Waals surface area contributed by atoms with Gasteiger partial charge in [-0.2, -0.15) is 5.26 Å². The Kier molecular flexibility index (Phi) is 9.71. The third kappa shape index (κ3) is 5.56. The quantitative estimate of drug-likeness (QED) is 0.486. The van der Waals surface area contributed by atoms with Gasteiger partial charge in [0.15, 0.2) is 0 Å². The van der Waals surface area contributed by atoms with Crippen molar-refractivity contribution in [2.24, 2.45) is 4.99 Å². The maximum Gasteiger partial charge on any atom is 0.0991 e. The standard InChI is InChI=1S/C17H14N2.2C2H6/c1-4-12(2)19-13(3)16-7-5-6-15-10-14(11-18)8-9-17(15)16;2*1-2/h4-10H,1-2H2,3H3;2*1-2H3. The van der Waals surface area contributed by atoms with Crippen LogP contribution in [-0.2, 0) is 0 Å². The topological polar surface area (TPSA) is 36.1 Å². The summed E-state index contributed by atoms with van der Waals surface area (Å²) in [5.41, 5.74) is 3.24. The monoisotopic (exact) mass is 306 g/mol. The van der Waals surface area contributed by atoms with E-state index in [-0.39, 0.29) is 0 Å². The zero-order chi connectivity index (χ0) is 17.8. The van der Waals surface area contributed by atoms with E-state index >= 15 is 0 Å². The molecule has 0 bridgehead atoms. The van der Waals surface area contributed by atoms with Gasteiger partial charge in [0, 0.05) is 11.3 Å². The van der Waals surface area contributed by atoms with Crippen LogP contribution in [0.4, 0.5) is 0 Å². The molecule has 0 saturated carbocycles. The zero-order valence-electron chi connectivity index (χ0n) is 14.9. The Balaban J connectivity index is 0.00000112. The van der Waals surface area contributed by atoms with Gasteiger partial charge in [0.1, 0.15) is 0 Å². The summed E-state index contributed by atoms with van der Waals surface area (Å²) in [7, 11) is 0. The lowest BCUT2D eigenvalue weighted by Crippen LogP contribution is -1.96. The van der Waals surface area contributed by atoms with Gasteiger partial charge in [-0.15, -0.1) is 0 Å². The van der Waals surface area contributed by atoms with Crippen LogP contribution in [0.5, 0.6) is 0 Å². The molecule has 2 aromatic carbocycles. The third-order valence-electron chi connectivity index (χ3n) is 2.95. The predicted molar refractivity (Wildman–Crippen MR) is 103 cm³/mol. The first-order chi connectivity index (χ1) is 11.2. The highest BCUT2D eigenvalue weighted by Crippen LogP contribution is 2.21. The van der Waals surface area contributed by atoms with E-state index in [0.717, 1.165) is 22.0 Å². The minimum absolute atomic E-state index is 0.642. The summed E-state index contributed by atoms with van der Waals surface area (Å²) in [5.74, 6) is 0. The summed E-state index contributed by atoms with van der Waals surface area (Å²) < 4.78 is 0. The van der Waals surface area contributed by atoms with E-state index in [9.17, 15) is 0 Å². The van der Waals surface area contributed by atoms with Gasteiger partial charge in [-0.25, -0.2) is 0 Å². The number of hydrogen-bond acceptors (Lipinski definition) is 2. The number of nitrogens with zero attached hydrogens (tertiary/aromatic N) is 2. The van der Waals surface area contributed by atoms with Crippen LogP contribution in [0.15, 0.2) is 66.3 Å². The van der Waals surface area contributed by atoms with Crippen LogP contribution in [-0.4, -0.2) is 5.71 Å². The molecule has 0 atom stereocenters. The van der Waals surface area contributed by atoms with E-state index in [1.165, 1.54) is 0 Å². The molecule has 2 heteroatoms. The summed E-state index contributed by atoms with van der Waals surface area (Å²) in [6, 6.07) is 13.8. The van der Waals surface area contributed by atoms with Crippen LogP contribution < -0.4 is 0 Å². The molecule has 120 valence electrons. The van der Waals surface area contributed by atoms with Crippen molar-refractivity contribution in [3.63, 3.8) is 0 Å². The average molecular weight is 306 g/mol. The average Bonchev–Trinajstić information content (AvgIpc) is 2.63. The maximum atomic E-state index is 8.93. The minimum atomic E-state index is 0.642. The van der Waals surface area contributed by atoms with Crippen molar-refractivity contribution in [2.45, 2.75) is 34.6 Å². The Morgan fingerprint density at radius 1 is 1.13 bits per heavy atom. The van der Waals surface area contributed by atoms with Crippen molar-refractivity contribution in [1.82, 2.24) is 0 Å². The number of allylic oxidation sites excluding steroid dienone is 1. The molecule has 0 aliphatic rings. The molecule has 0 saturated heterocycles.